The SMILES string of the molecule is O=C1CN(C(=O)CSc2nnc(Cc3ccccc3)o2)c2ccccc2N1. The number of amides is 2. The Bertz CT molecular complexity index is 974. The minimum atomic E-state index is -0.213. The zero-order chi connectivity index (χ0) is 18.6. The number of nitrogens with one attached hydrogen (secondary N) is 1. The minimum absolute atomic E-state index is 0.000499. The van der Waals surface area contributed by atoms with Gasteiger partial charge in [0.25, 0.3) is 5.22 Å². The van der Waals surface area contributed by atoms with Gasteiger partial charge in [-0.3, -0.25) is 9.59 Å². The van der Waals surface area contributed by atoms with Gasteiger partial charge < -0.3 is 14.6 Å². The van der Waals surface area contributed by atoms with Crippen LogP contribution in [0.2, 0.25) is 0 Å². The van der Waals surface area contributed by atoms with Crippen molar-refractivity contribution < 1.29 is 14.0 Å². The molecule has 0 radical (unpaired) electrons. The first kappa shape index (κ1) is 17.3. The molecule has 0 bridgehead atoms. The quantitative estimate of drug-likeness (QED) is 0.685. The Kier molecular flexibility index (Phi) is 4.88. The van der Waals surface area contributed by atoms with Gasteiger partial charge in [0.05, 0.1) is 23.5 Å². The summed E-state index contributed by atoms with van der Waals surface area (Å²) >= 11 is 1.17. The molecular weight excluding hydrogens is 364 g/mol. The first-order valence-corrected chi connectivity index (χ1v) is 9.36. The number of hydrogen-bond acceptors (Lipinski definition) is 6. The normalized spacial score (nSPS) is 13.2. The molecule has 1 aromatic heterocycles. The van der Waals surface area contributed by atoms with E-state index in [1.54, 1.807) is 6.07 Å². The van der Waals surface area contributed by atoms with Gasteiger partial charge in [0, 0.05) is 0 Å². The number of benzene rings is 2. The molecule has 0 saturated heterocycles. The Balaban J connectivity index is 1.39. The van der Waals surface area contributed by atoms with E-state index in [0.29, 0.717) is 28.9 Å². The third kappa shape index (κ3) is 4.01. The summed E-state index contributed by atoms with van der Waals surface area (Å²) in [7, 11) is 0. The van der Waals surface area contributed by atoms with Gasteiger partial charge in [0.2, 0.25) is 17.7 Å². The lowest BCUT2D eigenvalue weighted by molar-refractivity contribution is -0.120. The minimum Gasteiger partial charge on any atom is -0.416 e. The maximum Gasteiger partial charge on any atom is 0.277 e. The van der Waals surface area contributed by atoms with E-state index in [9.17, 15) is 9.59 Å². The number of nitrogens with zero attached hydrogens (tertiary/aromatic N) is 3. The molecule has 4 rings (SSSR count). The van der Waals surface area contributed by atoms with Gasteiger partial charge in [-0.2, -0.15) is 0 Å². The van der Waals surface area contributed by atoms with Crippen LogP contribution >= 0.6 is 11.8 Å². The van der Waals surface area contributed by atoms with E-state index in [0.717, 1.165) is 5.56 Å². The van der Waals surface area contributed by atoms with Gasteiger partial charge in [-0.1, -0.05) is 54.2 Å². The highest BCUT2D eigenvalue weighted by atomic mass is 32.2. The van der Waals surface area contributed by atoms with Crippen molar-refractivity contribution in [3.8, 4) is 0 Å². The van der Waals surface area contributed by atoms with Crippen LogP contribution in [-0.4, -0.2) is 34.3 Å². The number of para-hydroxylation sites is 2. The second-order valence-corrected chi connectivity index (χ2v) is 6.88. The molecular formula is C19H16N4O3S. The van der Waals surface area contributed by atoms with Crippen LogP contribution in [0.25, 0.3) is 0 Å². The molecule has 7 nitrogen and oxygen atoms in total. The molecule has 3 aromatic rings. The monoisotopic (exact) mass is 380 g/mol. The summed E-state index contributed by atoms with van der Waals surface area (Å²) in [6.45, 7) is -0.000499. The van der Waals surface area contributed by atoms with Gasteiger partial charge in [0.15, 0.2) is 0 Å². The van der Waals surface area contributed by atoms with Gasteiger partial charge in [-0.25, -0.2) is 0 Å². The van der Waals surface area contributed by atoms with Crippen LogP contribution in [0.15, 0.2) is 64.2 Å². The molecule has 0 unspecified atom stereocenters. The maximum atomic E-state index is 12.6. The number of carbonyl (C=O) groups is 2. The van der Waals surface area contributed by atoms with Gasteiger partial charge in [-0.15, -0.1) is 10.2 Å². The van der Waals surface area contributed by atoms with Crippen molar-refractivity contribution in [1.29, 1.82) is 0 Å². The molecule has 0 aliphatic carbocycles. The smallest absolute Gasteiger partial charge is 0.277 e. The molecule has 1 aliphatic heterocycles. The summed E-state index contributed by atoms with van der Waals surface area (Å²) in [4.78, 5) is 25.9. The zero-order valence-corrected chi connectivity index (χ0v) is 15.1. The van der Waals surface area contributed by atoms with Crippen molar-refractivity contribution in [2.45, 2.75) is 11.6 Å². The highest BCUT2D eigenvalue weighted by Crippen LogP contribution is 2.30. The molecule has 2 heterocycles. The Morgan fingerprint density at radius 2 is 1.89 bits per heavy atom. The summed E-state index contributed by atoms with van der Waals surface area (Å²) in [6, 6.07) is 17.0. The molecule has 0 spiro atoms. The Morgan fingerprint density at radius 3 is 2.74 bits per heavy atom. The number of anilines is 2. The number of fused-ring (bicyclic) bond motifs is 1. The molecule has 8 heteroatoms. The van der Waals surface area contributed by atoms with Crippen molar-refractivity contribution in [2.24, 2.45) is 0 Å². The summed E-state index contributed by atoms with van der Waals surface area (Å²) in [5, 5.41) is 11.1. The average Bonchev–Trinajstić information content (AvgIpc) is 3.13. The van der Waals surface area contributed by atoms with Gasteiger partial charge in [0.1, 0.15) is 6.54 Å². The van der Waals surface area contributed by atoms with Gasteiger partial charge >= 0.3 is 0 Å². The first-order valence-electron chi connectivity index (χ1n) is 8.37. The van der Waals surface area contributed by atoms with E-state index in [1.807, 2.05) is 48.5 Å². The topological polar surface area (TPSA) is 88.3 Å². The molecule has 136 valence electrons. The highest BCUT2D eigenvalue weighted by molar-refractivity contribution is 7.99. The second kappa shape index (κ2) is 7.63. The van der Waals surface area contributed by atoms with Crippen molar-refractivity contribution in [2.75, 3.05) is 22.5 Å². The summed E-state index contributed by atoms with van der Waals surface area (Å²) in [6.07, 6.45) is 0.544. The number of hydrogen-bond donors (Lipinski definition) is 1. The molecule has 1 aliphatic rings. The molecule has 0 fully saturated rings. The van der Waals surface area contributed by atoms with E-state index in [-0.39, 0.29) is 24.1 Å². The number of aromatic nitrogens is 2. The van der Waals surface area contributed by atoms with E-state index < -0.39 is 0 Å². The molecule has 2 amide bonds. The number of thioether (sulfide) groups is 1. The van der Waals surface area contributed by atoms with Crippen molar-refractivity contribution >= 4 is 35.0 Å². The molecule has 27 heavy (non-hydrogen) atoms. The molecule has 1 N–H and O–H groups in total. The summed E-state index contributed by atoms with van der Waals surface area (Å²) in [5.74, 6) is 0.202. The van der Waals surface area contributed by atoms with Crippen LogP contribution in [-0.2, 0) is 16.0 Å². The van der Waals surface area contributed by atoms with E-state index in [1.165, 1.54) is 16.7 Å². The number of carbonyl (C=O) groups excluding carboxylic acids is 2. The molecule has 0 saturated carbocycles. The second-order valence-electron chi connectivity index (χ2n) is 5.96. The standard InChI is InChI=1S/C19H16N4O3S/c24-16-11-23(15-9-5-4-8-14(15)20-16)18(25)12-27-19-22-21-17(26-19)10-13-6-2-1-3-7-13/h1-9H,10-12H2,(H,20,24). The lowest BCUT2D eigenvalue weighted by Crippen LogP contribution is -2.43. The largest absolute Gasteiger partial charge is 0.416 e. The predicted octanol–water partition coefficient (Wildman–Crippen LogP) is 2.74. The number of rotatable bonds is 5. The third-order valence-electron chi connectivity index (χ3n) is 4.04. The summed E-state index contributed by atoms with van der Waals surface area (Å²) < 4.78 is 5.61. The maximum absolute atomic E-state index is 12.6. The summed E-state index contributed by atoms with van der Waals surface area (Å²) in [5.41, 5.74) is 2.40. The predicted molar refractivity (Wildman–Crippen MR) is 102 cm³/mol. The average molecular weight is 380 g/mol. The van der Waals surface area contributed by atoms with Crippen LogP contribution in [0.1, 0.15) is 11.5 Å². The van der Waals surface area contributed by atoms with E-state index in [2.05, 4.69) is 15.5 Å². The molecule has 0 atom stereocenters. The van der Waals surface area contributed by atoms with Crippen LogP contribution in [0.3, 0.4) is 0 Å². The van der Waals surface area contributed by atoms with Crippen LogP contribution < -0.4 is 10.2 Å². The zero-order valence-electron chi connectivity index (χ0n) is 14.3. The lowest BCUT2D eigenvalue weighted by atomic mass is 10.2. The first-order chi connectivity index (χ1) is 13.2. The van der Waals surface area contributed by atoms with Crippen LogP contribution in [0.5, 0.6) is 0 Å². The lowest BCUT2D eigenvalue weighted by Gasteiger charge is -2.28. The fourth-order valence-electron chi connectivity index (χ4n) is 2.80. The van der Waals surface area contributed by atoms with Crippen LogP contribution in [0.4, 0.5) is 11.4 Å². The fourth-order valence-corrected chi connectivity index (χ4v) is 3.45. The van der Waals surface area contributed by atoms with Crippen molar-refractivity contribution in [1.82, 2.24) is 10.2 Å². The Morgan fingerprint density at radius 1 is 1.11 bits per heavy atom. The Hall–Kier alpha value is -3.13. The van der Waals surface area contributed by atoms with Crippen molar-refractivity contribution in [3.63, 3.8) is 0 Å². The van der Waals surface area contributed by atoms with Crippen LogP contribution in [0, 0.1) is 0 Å². The highest BCUT2D eigenvalue weighted by Gasteiger charge is 2.26. The molecule has 2 aromatic carbocycles. The Labute approximate surface area is 159 Å². The fraction of sp³-hybridized carbons (Fsp3) is 0.158. The van der Waals surface area contributed by atoms with E-state index in [4.69, 9.17) is 4.42 Å². The van der Waals surface area contributed by atoms with Gasteiger partial charge in [-0.05, 0) is 17.7 Å². The third-order valence-corrected chi connectivity index (χ3v) is 4.84. The van der Waals surface area contributed by atoms with E-state index >= 15 is 0 Å². The van der Waals surface area contributed by atoms with Crippen molar-refractivity contribution in [3.05, 3.63) is 66.1 Å².